The molecule has 1 aliphatic rings. The Kier molecular flexibility index (Phi) is 2.90. The first-order valence-electron chi connectivity index (χ1n) is 3.73. The highest BCUT2D eigenvalue weighted by molar-refractivity contribution is 5.37. The van der Waals surface area contributed by atoms with Gasteiger partial charge in [-0.3, -0.25) is 4.79 Å². The van der Waals surface area contributed by atoms with E-state index in [0.29, 0.717) is 19.0 Å². The van der Waals surface area contributed by atoms with E-state index >= 15 is 0 Å². The zero-order valence-electron chi connectivity index (χ0n) is 6.62. The summed E-state index contributed by atoms with van der Waals surface area (Å²) in [6, 6.07) is 0. The Bertz CT molecular complexity index is 192. The minimum atomic E-state index is 0.379. The molecule has 0 aromatic heterocycles. The van der Waals surface area contributed by atoms with Crippen LogP contribution in [0, 0.1) is 5.92 Å². The first-order chi connectivity index (χ1) is 5.33. The molecular formula is C9H12O2. The fourth-order valence-electron chi connectivity index (χ4n) is 1.06. The fraction of sp³-hybridized carbons (Fsp3) is 0.444. The first kappa shape index (κ1) is 8.05. The van der Waals surface area contributed by atoms with Crippen LogP contribution < -0.4 is 0 Å². The SMILES string of the molecule is CC1=CCC(COC=O)C=C1. The Labute approximate surface area is 66.5 Å². The van der Waals surface area contributed by atoms with Gasteiger partial charge in [-0.15, -0.1) is 0 Å². The molecule has 0 saturated heterocycles. The van der Waals surface area contributed by atoms with Crippen LogP contribution in [-0.4, -0.2) is 13.1 Å². The molecule has 0 N–H and O–H groups in total. The number of carbonyl (C=O) groups is 1. The Morgan fingerprint density at radius 1 is 1.82 bits per heavy atom. The van der Waals surface area contributed by atoms with Crippen LogP contribution in [-0.2, 0) is 9.53 Å². The van der Waals surface area contributed by atoms with E-state index in [2.05, 4.69) is 29.9 Å². The molecule has 2 heteroatoms. The van der Waals surface area contributed by atoms with E-state index in [1.54, 1.807) is 0 Å². The molecule has 0 heterocycles. The molecule has 0 aromatic carbocycles. The largest absolute Gasteiger partial charge is 0.467 e. The molecule has 0 spiro atoms. The Hall–Kier alpha value is -1.05. The van der Waals surface area contributed by atoms with Crippen molar-refractivity contribution in [2.75, 3.05) is 6.61 Å². The van der Waals surface area contributed by atoms with Crippen LogP contribution in [0.25, 0.3) is 0 Å². The third kappa shape index (κ3) is 2.58. The smallest absolute Gasteiger partial charge is 0.293 e. The highest BCUT2D eigenvalue weighted by Crippen LogP contribution is 2.15. The van der Waals surface area contributed by atoms with E-state index in [-0.39, 0.29) is 0 Å². The minimum Gasteiger partial charge on any atom is -0.467 e. The number of hydrogen-bond acceptors (Lipinski definition) is 2. The molecule has 1 atom stereocenters. The van der Waals surface area contributed by atoms with Crippen LogP contribution >= 0.6 is 0 Å². The van der Waals surface area contributed by atoms with Crippen molar-refractivity contribution in [1.82, 2.24) is 0 Å². The Balaban J connectivity index is 2.31. The van der Waals surface area contributed by atoms with Gasteiger partial charge in [-0.1, -0.05) is 23.8 Å². The summed E-state index contributed by atoms with van der Waals surface area (Å²) in [5.74, 6) is 0.379. The maximum Gasteiger partial charge on any atom is 0.293 e. The number of hydrogen-bond donors (Lipinski definition) is 0. The number of allylic oxidation sites excluding steroid dienone is 3. The number of carbonyl (C=O) groups excluding carboxylic acids is 1. The highest BCUT2D eigenvalue weighted by Gasteiger charge is 2.06. The maximum absolute atomic E-state index is 9.85. The van der Waals surface area contributed by atoms with Crippen molar-refractivity contribution >= 4 is 6.47 Å². The quantitative estimate of drug-likeness (QED) is 0.575. The summed E-state index contributed by atoms with van der Waals surface area (Å²) in [5, 5.41) is 0. The molecule has 0 aliphatic heterocycles. The molecule has 1 unspecified atom stereocenters. The third-order valence-corrected chi connectivity index (χ3v) is 1.75. The van der Waals surface area contributed by atoms with Gasteiger partial charge in [0.2, 0.25) is 0 Å². The maximum atomic E-state index is 9.85. The minimum absolute atomic E-state index is 0.379. The fourth-order valence-corrected chi connectivity index (χ4v) is 1.06. The molecule has 0 fully saturated rings. The van der Waals surface area contributed by atoms with Gasteiger partial charge < -0.3 is 4.74 Å². The molecule has 0 amide bonds. The van der Waals surface area contributed by atoms with E-state index < -0.39 is 0 Å². The van der Waals surface area contributed by atoms with Crippen LogP contribution in [0.2, 0.25) is 0 Å². The zero-order valence-corrected chi connectivity index (χ0v) is 6.62. The van der Waals surface area contributed by atoms with Gasteiger partial charge in [-0.25, -0.2) is 0 Å². The Morgan fingerprint density at radius 2 is 2.64 bits per heavy atom. The van der Waals surface area contributed by atoms with Gasteiger partial charge >= 0.3 is 0 Å². The lowest BCUT2D eigenvalue weighted by Crippen LogP contribution is -2.07. The lowest BCUT2D eigenvalue weighted by Gasteiger charge is -2.12. The molecule has 1 rings (SSSR count). The van der Waals surface area contributed by atoms with Gasteiger partial charge in [-0.2, -0.15) is 0 Å². The molecule has 0 saturated carbocycles. The second kappa shape index (κ2) is 3.96. The van der Waals surface area contributed by atoms with E-state index in [4.69, 9.17) is 0 Å². The molecule has 11 heavy (non-hydrogen) atoms. The van der Waals surface area contributed by atoms with E-state index in [1.165, 1.54) is 5.57 Å². The average molecular weight is 152 g/mol. The number of rotatable bonds is 3. The van der Waals surface area contributed by atoms with Crippen molar-refractivity contribution in [2.45, 2.75) is 13.3 Å². The first-order valence-corrected chi connectivity index (χ1v) is 3.73. The summed E-state index contributed by atoms with van der Waals surface area (Å²) in [7, 11) is 0. The molecule has 0 aromatic rings. The van der Waals surface area contributed by atoms with Crippen LogP contribution in [0.4, 0.5) is 0 Å². The van der Waals surface area contributed by atoms with Gasteiger partial charge in [0.1, 0.15) is 0 Å². The summed E-state index contributed by atoms with van der Waals surface area (Å²) in [6.07, 6.45) is 7.27. The molecule has 0 radical (unpaired) electrons. The predicted molar refractivity (Wildman–Crippen MR) is 43.0 cm³/mol. The monoisotopic (exact) mass is 152 g/mol. The second-order valence-electron chi connectivity index (χ2n) is 2.73. The number of ether oxygens (including phenoxy) is 1. The molecule has 2 nitrogen and oxygen atoms in total. The zero-order chi connectivity index (χ0) is 8.10. The van der Waals surface area contributed by atoms with Crippen LogP contribution in [0.5, 0.6) is 0 Å². The van der Waals surface area contributed by atoms with Crippen LogP contribution in [0.1, 0.15) is 13.3 Å². The van der Waals surface area contributed by atoms with Gasteiger partial charge in [0, 0.05) is 5.92 Å². The predicted octanol–water partition coefficient (Wildman–Crippen LogP) is 1.68. The van der Waals surface area contributed by atoms with Gasteiger partial charge in [0.05, 0.1) is 6.61 Å². The van der Waals surface area contributed by atoms with Crippen molar-refractivity contribution in [3.8, 4) is 0 Å². The lowest BCUT2D eigenvalue weighted by molar-refractivity contribution is -0.129. The summed E-state index contributed by atoms with van der Waals surface area (Å²) in [5.41, 5.74) is 1.28. The summed E-state index contributed by atoms with van der Waals surface area (Å²) in [6.45, 7) is 3.07. The summed E-state index contributed by atoms with van der Waals surface area (Å²) < 4.78 is 4.65. The third-order valence-electron chi connectivity index (χ3n) is 1.75. The van der Waals surface area contributed by atoms with Crippen LogP contribution in [0.3, 0.4) is 0 Å². The van der Waals surface area contributed by atoms with E-state index in [0.717, 1.165) is 6.42 Å². The van der Waals surface area contributed by atoms with E-state index in [1.807, 2.05) is 0 Å². The average Bonchev–Trinajstić information content (AvgIpc) is 2.04. The second-order valence-corrected chi connectivity index (χ2v) is 2.73. The molecule has 1 aliphatic carbocycles. The van der Waals surface area contributed by atoms with E-state index in [9.17, 15) is 4.79 Å². The molecule has 0 bridgehead atoms. The normalized spacial score (nSPS) is 22.6. The van der Waals surface area contributed by atoms with Gasteiger partial charge in [0.25, 0.3) is 6.47 Å². The van der Waals surface area contributed by atoms with Crippen molar-refractivity contribution in [3.63, 3.8) is 0 Å². The van der Waals surface area contributed by atoms with Gasteiger partial charge in [-0.05, 0) is 13.3 Å². The topological polar surface area (TPSA) is 26.3 Å². The van der Waals surface area contributed by atoms with Crippen molar-refractivity contribution < 1.29 is 9.53 Å². The van der Waals surface area contributed by atoms with Gasteiger partial charge in [0.15, 0.2) is 0 Å². The molecule has 60 valence electrons. The molecular weight excluding hydrogens is 140 g/mol. The summed E-state index contributed by atoms with van der Waals surface area (Å²) >= 11 is 0. The van der Waals surface area contributed by atoms with Crippen molar-refractivity contribution in [2.24, 2.45) is 5.92 Å². The Morgan fingerprint density at radius 3 is 3.18 bits per heavy atom. The highest BCUT2D eigenvalue weighted by atomic mass is 16.5. The standard InChI is InChI=1S/C9H12O2/c1-8-2-4-9(5-3-8)6-11-7-10/h2-4,7,9H,5-6H2,1H3. The lowest BCUT2D eigenvalue weighted by atomic mass is 9.98. The van der Waals surface area contributed by atoms with Crippen molar-refractivity contribution in [3.05, 3.63) is 23.8 Å². The van der Waals surface area contributed by atoms with Crippen molar-refractivity contribution in [1.29, 1.82) is 0 Å². The van der Waals surface area contributed by atoms with Crippen LogP contribution in [0.15, 0.2) is 23.8 Å². The summed E-state index contributed by atoms with van der Waals surface area (Å²) in [4.78, 5) is 9.85.